The van der Waals surface area contributed by atoms with E-state index in [9.17, 15) is 4.79 Å². The van der Waals surface area contributed by atoms with Gasteiger partial charge in [0.25, 0.3) is 0 Å². The summed E-state index contributed by atoms with van der Waals surface area (Å²) in [6.07, 6.45) is 0.274. The fraction of sp³-hybridized carbons (Fsp3) is 0.909. The van der Waals surface area contributed by atoms with Crippen molar-refractivity contribution in [3.63, 3.8) is 0 Å². The van der Waals surface area contributed by atoms with Crippen molar-refractivity contribution in [3.8, 4) is 0 Å². The van der Waals surface area contributed by atoms with Crippen molar-refractivity contribution in [2.24, 2.45) is 5.92 Å². The van der Waals surface area contributed by atoms with Crippen LogP contribution in [0.3, 0.4) is 0 Å². The maximum absolute atomic E-state index is 11.5. The minimum Gasteiger partial charge on any atom is -0.351 e. The molecule has 0 atom stereocenters. The van der Waals surface area contributed by atoms with E-state index in [4.69, 9.17) is 9.47 Å². The van der Waals surface area contributed by atoms with E-state index in [1.165, 1.54) is 0 Å². The smallest absolute Gasteiger partial charge is 0.220 e. The molecule has 0 unspecified atom stereocenters. The Kier molecular flexibility index (Phi) is 6.37. The topological polar surface area (TPSA) is 59.6 Å². The number of ether oxygens (including phenoxy) is 2. The van der Waals surface area contributed by atoms with Crippen LogP contribution in [0.15, 0.2) is 0 Å². The minimum atomic E-state index is -0.321. The number of carbonyl (C=O) groups excluding carboxylic acids is 1. The van der Waals surface area contributed by atoms with E-state index >= 15 is 0 Å². The molecule has 0 bridgehead atoms. The van der Waals surface area contributed by atoms with Crippen molar-refractivity contribution in [3.05, 3.63) is 0 Å². The molecule has 0 aromatic carbocycles. The molecule has 0 radical (unpaired) electrons. The van der Waals surface area contributed by atoms with Crippen molar-refractivity contribution in [2.75, 3.05) is 32.8 Å². The van der Waals surface area contributed by atoms with E-state index in [0.717, 1.165) is 13.1 Å². The number of rotatable bonds is 8. The van der Waals surface area contributed by atoms with Crippen LogP contribution in [-0.2, 0) is 14.3 Å². The highest BCUT2D eigenvalue weighted by atomic mass is 16.7. The van der Waals surface area contributed by atoms with Crippen LogP contribution in [0.1, 0.15) is 20.3 Å². The lowest BCUT2D eigenvalue weighted by molar-refractivity contribution is -0.141. The molecule has 5 nitrogen and oxygen atoms in total. The molecule has 0 aromatic heterocycles. The highest BCUT2D eigenvalue weighted by molar-refractivity contribution is 5.76. The van der Waals surface area contributed by atoms with Gasteiger partial charge in [-0.1, -0.05) is 0 Å². The van der Waals surface area contributed by atoms with E-state index in [2.05, 4.69) is 10.6 Å². The van der Waals surface area contributed by atoms with Crippen LogP contribution in [-0.4, -0.2) is 45.0 Å². The summed E-state index contributed by atoms with van der Waals surface area (Å²) in [7, 11) is 0. The molecule has 1 amide bonds. The van der Waals surface area contributed by atoms with Crippen LogP contribution in [0.4, 0.5) is 0 Å². The molecule has 94 valence electrons. The van der Waals surface area contributed by atoms with E-state index in [-0.39, 0.29) is 12.2 Å². The Morgan fingerprint density at radius 1 is 1.38 bits per heavy atom. The fourth-order valence-electron chi connectivity index (χ4n) is 1.56. The highest BCUT2D eigenvalue weighted by Gasteiger charge is 2.20. The Labute approximate surface area is 96.9 Å². The van der Waals surface area contributed by atoms with Crippen LogP contribution in [0.2, 0.25) is 0 Å². The third-order valence-electron chi connectivity index (χ3n) is 2.51. The summed E-state index contributed by atoms with van der Waals surface area (Å²) in [6.45, 7) is 7.34. The Bertz CT molecular complexity index is 201. The van der Waals surface area contributed by atoms with E-state index in [1.807, 2.05) is 13.8 Å². The van der Waals surface area contributed by atoms with Crippen LogP contribution < -0.4 is 10.6 Å². The van der Waals surface area contributed by atoms with E-state index in [1.54, 1.807) is 0 Å². The second-order valence-electron chi connectivity index (χ2n) is 3.87. The number of nitrogens with one attached hydrogen (secondary N) is 2. The zero-order chi connectivity index (χ0) is 11.8. The molecule has 1 aliphatic heterocycles. The van der Waals surface area contributed by atoms with Gasteiger partial charge in [0.15, 0.2) is 6.29 Å². The van der Waals surface area contributed by atoms with E-state index < -0.39 is 0 Å². The van der Waals surface area contributed by atoms with E-state index in [0.29, 0.717) is 32.1 Å². The summed E-state index contributed by atoms with van der Waals surface area (Å²) in [5.41, 5.74) is 0. The van der Waals surface area contributed by atoms with Crippen LogP contribution in [0.25, 0.3) is 0 Å². The van der Waals surface area contributed by atoms with Gasteiger partial charge in [0, 0.05) is 19.6 Å². The van der Waals surface area contributed by atoms with Crippen LogP contribution in [0, 0.1) is 5.92 Å². The SMILES string of the molecule is CCOC(CNC(=O)CC1CNC1)OCC. The van der Waals surface area contributed by atoms with Gasteiger partial charge < -0.3 is 20.1 Å². The summed E-state index contributed by atoms with van der Waals surface area (Å²) in [4.78, 5) is 11.5. The molecule has 16 heavy (non-hydrogen) atoms. The summed E-state index contributed by atoms with van der Waals surface area (Å²) in [6, 6.07) is 0. The van der Waals surface area contributed by atoms with Crippen molar-refractivity contribution >= 4 is 5.91 Å². The van der Waals surface area contributed by atoms with Crippen molar-refractivity contribution < 1.29 is 14.3 Å². The predicted octanol–water partition coefficient (Wildman–Crippen LogP) is 0.111. The fourth-order valence-corrected chi connectivity index (χ4v) is 1.56. The van der Waals surface area contributed by atoms with Gasteiger partial charge in [0.05, 0.1) is 6.54 Å². The van der Waals surface area contributed by atoms with Gasteiger partial charge in [-0.05, 0) is 32.9 Å². The Balaban J connectivity index is 2.11. The standard InChI is InChI=1S/C11H22N2O3/c1-3-15-11(16-4-2)8-13-10(14)5-9-6-12-7-9/h9,11-12H,3-8H2,1-2H3,(H,13,14). The molecule has 1 aliphatic rings. The van der Waals surface area contributed by atoms with Crippen LogP contribution >= 0.6 is 0 Å². The number of amides is 1. The largest absolute Gasteiger partial charge is 0.351 e. The maximum atomic E-state index is 11.5. The highest BCUT2D eigenvalue weighted by Crippen LogP contribution is 2.07. The molecule has 0 aromatic rings. The molecule has 0 aliphatic carbocycles. The molecule has 1 fully saturated rings. The first-order chi connectivity index (χ1) is 7.76. The second-order valence-corrected chi connectivity index (χ2v) is 3.87. The lowest BCUT2D eigenvalue weighted by Gasteiger charge is -2.26. The summed E-state index contributed by atoms with van der Waals surface area (Å²) < 4.78 is 10.7. The zero-order valence-electron chi connectivity index (χ0n) is 10.1. The second kappa shape index (κ2) is 7.60. The molecular weight excluding hydrogens is 208 g/mol. The van der Waals surface area contributed by atoms with Gasteiger partial charge in [-0.3, -0.25) is 4.79 Å². The predicted molar refractivity (Wildman–Crippen MR) is 61.0 cm³/mol. The Morgan fingerprint density at radius 2 is 2.00 bits per heavy atom. The minimum absolute atomic E-state index is 0.0795. The molecule has 5 heteroatoms. The van der Waals surface area contributed by atoms with Crippen molar-refractivity contribution in [2.45, 2.75) is 26.6 Å². The normalized spacial score (nSPS) is 16.2. The molecule has 0 saturated carbocycles. The van der Waals surface area contributed by atoms with Gasteiger partial charge >= 0.3 is 0 Å². The van der Waals surface area contributed by atoms with Crippen molar-refractivity contribution in [1.29, 1.82) is 0 Å². The molecule has 1 heterocycles. The summed E-state index contributed by atoms with van der Waals surface area (Å²) >= 11 is 0. The molecule has 0 spiro atoms. The first-order valence-corrected chi connectivity index (χ1v) is 5.96. The first kappa shape index (κ1) is 13.4. The average molecular weight is 230 g/mol. The Hall–Kier alpha value is -0.650. The summed E-state index contributed by atoms with van der Waals surface area (Å²) in [5.74, 6) is 0.577. The Morgan fingerprint density at radius 3 is 2.44 bits per heavy atom. The summed E-state index contributed by atoms with van der Waals surface area (Å²) in [5, 5.41) is 5.98. The molecule has 1 rings (SSSR count). The lowest BCUT2D eigenvalue weighted by atomic mass is 9.99. The van der Waals surface area contributed by atoms with Gasteiger partial charge in [-0.2, -0.15) is 0 Å². The molecule has 2 N–H and O–H groups in total. The molecule has 1 saturated heterocycles. The lowest BCUT2D eigenvalue weighted by Crippen LogP contribution is -2.45. The molecular formula is C11H22N2O3. The van der Waals surface area contributed by atoms with Gasteiger partial charge in [0.1, 0.15) is 0 Å². The van der Waals surface area contributed by atoms with Gasteiger partial charge in [-0.15, -0.1) is 0 Å². The third-order valence-corrected chi connectivity index (χ3v) is 2.51. The maximum Gasteiger partial charge on any atom is 0.220 e. The van der Waals surface area contributed by atoms with Crippen molar-refractivity contribution in [1.82, 2.24) is 10.6 Å². The van der Waals surface area contributed by atoms with Gasteiger partial charge in [0.2, 0.25) is 5.91 Å². The average Bonchev–Trinajstić information content (AvgIpc) is 2.21. The third kappa shape index (κ3) is 4.92. The number of hydrogen-bond acceptors (Lipinski definition) is 4. The quantitative estimate of drug-likeness (QED) is 0.581. The zero-order valence-corrected chi connectivity index (χ0v) is 10.1. The van der Waals surface area contributed by atoms with Crippen LogP contribution in [0.5, 0.6) is 0 Å². The van der Waals surface area contributed by atoms with Gasteiger partial charge in [-0.25, -0.2) is 0 Å². The first-order valence-electron chi connectivity index (χ1n) is 5.96. The monoisotopic (exact) mass is 230 g/mol. The number of hydrogen-bond donors (Lipinski definition) is 2. The number of carbonyl (C=O) groups is 1.